The number of hydrogen-bond donors (Lipinski definition) is 4. The average molecular weight is 610 g/mol. The molecule has 0 saturated carbocycles. The number of ether oxygens (including phenoxy) is 1. The molecule has 0 aliphatic carbocycles. The van der Waals surface area contributed by atoms with Crippen molar-refractivity contribution in [3.63, 3.8) is 0 Å². The van der Waals surface area contributed by atoms with Gasteiger partial charge in [-0.15, -0.1) is 0 Å². The molecule has 0 aliphatic heterocycles. The number of benzene rings is 3. The van der Waals surface area contributed by atoms with E-state index in [1.165, 1.54) is 4.57 Å². The Morgan fingerprint density at radius 2 is 1.82 bits per heavy atom. The zero-order chi connectivity index (χ0) is 27.5. The number of nitrogens with zero attached hydrogens (tertiary/aromatic N) is 2. The molecule has 0 aliphatic rings. The van der Waals surface area contributed by atoms with Crippen molar-refractivity contribution >= 4 is 27.5 Å². The van der Waals surface area contributed by atoms with Gasteiger partial charge >= 0.3 is 5.69 Å². The molecule has 5 rings (SSSR count). The van der Waals surface area contributed by atoms with Crippen LogP contribution in [-0.2, 0) is 0 Å². The number of aromatic hydroxyl groups is 1. The summed E-state index contributed by atoms with van der Waals surface area (Å²) < 4.78 is 7.61. The summed E-state index contributed by atoms with van der Waals surface area (Å²) in [5.74, 6) is 0.610. The van der Waals surface area contributed by atoms with Gasteiger partial charge in [-0.25, -0.2) is 9.78 Å². The number of aliphatic hydroxyl groups excluding tert-OH is 1. The fourth-order valence-electron chi connectivity index (χ4n) is 4.63. The Morgan fingerprint density at radius 3 is 2.51 bits per heavy atom. The van der Waals surface area contributed by atoms with E-state index in [0.29, 0.717) is 27.9 Å². The van der Waals surface area contributed by atoms with Gasteiger partial charge in [-0.1, -0.05) is 70.9 Å². The maximum Gasteiger partial charge on any atom is 0.329 e. The minimum absolute atomic E-state index is 0.0950. The van der Waals surface area contributed by atoms with Crippen LogP contribution in [0.3, 0.4) is 0 Å². The SMILES string of the molecule is C[C@@H](c1ccccc1)[C@@H](c1ncc(-c2ccc(Br)cc2Cl)[nH]1)n1c(O)c(-c2ccc(OCCO)cc2)[nH]c1=O. The second-order valence-corrected chi connectivity index (χ2v) is 10.4. The van der Waals surface area contributed by atoms with Crippen molar-refractivity contribution < 1.29 is 14.9 Å². The number of rotatable bonds is 9. The van der Waals surface area contributed by atoms with Crippen LogP contribution in [0.4, 0.5) is 0 Å². The third kappa shape index (κ3) is 5.52. The lowest BCUT2D eigenvalue weighted by atomic mass is 9.92. The number of H-pyrrole nitrogens is 2. The molecule has 2 aromatic heterocycles. The molecular formula is C29H26BrClN4O4. The fraction of sp³-hybridized carbons (Fsp3) is 0.172. The smallest absolute Gasteiger partial charge is 0.329 e. The first kappa shape index (κ1) is 26.8. The highest BCUT2D eigenvalue weighted by atomic mass is 79.9. The fourth-order valence-corrected chi connectivity index (χ4v) is 5.41. The van der Waals surface area contributed by atoms with Crippen molar-refractivity contribution in [3.05, 3.63) is 110 Å². The van der Waals surface area contributed by atoms with Crippen LogP contribution in [0.5, 0.6) is 11.6 Å². The molecule has 0 amide bonds. The summed E-state index contributed by atoms with van der Waals surface area (Å²) in [6.07, 6.45) is 1.68. The van der Waals surface area contributed by atoms with Crippen LogP contribution in [0.2, 0.25) is 5.02 Å². The molecule has 0 fully saturated rings. The zero-order valence-corrected chi connectivity index (χ0v) is 23.3. The molecule has 200 valence electrons. The standard InChI is InChI=1S/C29H26BrClN4O4/c1-17(18-5-3-2-4-6-18)26(27-32-16-24(33-27)22-12-9-20(30)15-23(22)31)35-28(37)25(34-29(35)38)19-7-10-21(11-8-19)39-14-13-36/h2-12,15-17,26,36-37H,13-14H2,1H3,(H,32,33)(H,34,38)/t17-,26-/m0/s1. The highest BCUT2D eigenvalue weighted by molar-refractivity contribution is 9.10. The lowest BCUT2D eigenvalue weighted by Crippen LogP contribution is -2.27. The molecule has 0 saturated heterocycles. The van der Waals surface area contributed by atoms with E-state index in [1.807, 2.05) is 49.4 Å². The topological polar surface area (TPSA) is 116 Å². The summed E-state index contributed by atoms with van der Waals surface area (Å²) in [6.45, 7) is 2.07. The molecule has 10 heteroatoms. The average Bonchev–Trinajstić information content (AvgIpc) is 3.53. The summed E-state index contributed by atoms with van der Waals surface area (Å²) in [7, 11) is 0. The van der Waals surface area contributed by atoms with Gasteiger partial charge in [-0.3, -0.25) is 4.57 Å². The summed E-state index contributed by atoms with van der Waals surface area (Å²) in [5.41, 5.74) is 2.83. The number of nitrogens with one attached hydrogen (secondary N) is 2. The van der Waals surface area contributed by atoms with Crippen LogP contribution in [0.15, 0.2) is 88.3 Å². The Morgan fingerprint density at radius 1 is 1.08 bits per heavy atom. The van der Waals surface area contributed by atoms with Gasteiger partial charge in [-0.2, -0.15) is 0 Å². The zero-order valence-electron chi connectivity index (χ0n) is 20.9. The molecule has 0 unspecified atom stereocenters. The predicted octanol–water partition coefficient (Wildman–Crippen LogP) is 6.12. The number of aliphatic hydroxyl groups is 1. The quantitative estimate of drug-likeness (QED) is 0.161. The first-order valence-corrected chi connectivity index (χ1v) is 13.5. The van der Waals surface area contributed by atoms with Crippen LogP contribution in [0, 0.1) is 0 Å². The maximum atomic E-state index is 13.4. The predicted molar refractivity (Wildman–Crippen MR) is 154 cm³/mol. The molecule has 0 spiro atoms. The number of hydrogen-bond acceptors (Lipinski definition) is 5. The Balaban J connectivity index is 1.59. The van der Waals surface area contributed by atoms with Crippen molar-refractivity contribution in [2.75, 3.05) is 13.2 Å². The number of imidazole rings is 2. The Hall–Kier alpha value is -3.79. The van der Waals surface area contributed by atoms with Gasteiger partial charge in [0.15, 0.2) is 0 Å². The van der Waals surface area contributed by atoms with Gasteiger partial charge in [0.2, 0.25) is 5.88 Å². The normalized spacial score (nSPS) is 12.8. The summed E-state index contributed by atoms with van der Waals surface area (Å²) in [5, 5.41) is 20.9. The molecular weight excluding hydrogens is 584 g/mol. The molecule has 0 bridgehead atoms. The Labute approximate surface area is 238 Å². The van der Waals surface area contributed by atoms with Gasteiger partial charge < -0.3 is 24.9 Å². The summed E-state index contributed by atoms with van der Waals surface area (Å²) in [4.78, 5) is 24.2. The number of halogens is 2. The third-order valence-electron chi connectivity index (χ3n) is 6.58. The van der Waals surface area contributed by atoms with E-state index < -0.39 is 11.7 Å². The first-order valence-electron chi connectivity index (χ1n) is 12.3. The van der Waals surface area contributed by atoms with E-state index in [-0.39, 0.29) is 30.7 Å². The Bertz CT molecular complexity index is 1630. The molecule has 3 aromatic carbocycles. The lowest BCUT2D eigenvalue weighted by molar-refractivity contribution is 0.201. The minimum Gasteiger partial charge on any atom is -0.493 e. The van der Waals surface area contributed by atoms with Gasteiger partial charge in [-0.05, 0) is 42.0 Å². The van der Waals surface area contributed by atoms with E-state index in [2.05, 4.69) is 30.9 Å². The molecule has 39 heavy (non-hydrogen) atoms. The molecule has 8 nitrogen and oxygen atoms in total. The number of aromatic amines is 2. The van der Waals surface area contributed by atoms with Crippen molar-refractivity contribution in [2.24, 2.45) is 0 Å². The van der Waals surface area contributed by atoms with Crippen molar-refractivity contribution in [3.8, 4) is 34.1 Å². The van der Waals surface area contributed by atoms with Gasteiger partial charge in [0, 0.05) is 21.5 Å². The highest BCUT2D eigenvalue weighted by Crippen LogP contribution is 2.39. The highest BCUT2D eigenvalue weighted by Gasteiger charge is 2.31. The second kappa shape index (κ2) is 11.5. The van der Waals surface area contributed by atoms with Crippen LogP contribution >= 0.6 is 27.5 Å². The summed E-state index contributed by atoms with van der Waals surface area (Å²) >= 11 is 9.92. The summed E-state index contributed by atoms with van der Waals surface area (Å²) in [6, 6.07) is 21.6. The third-order valence-corrected chi connectivity index (χ3v) is 7.39. The molecule has 4 N–H and O–H groups in total. The van der Waals surface area contributed by atoms with E-state index in [9.17, 15) is 9.90 Å². The minimum atomic E-state index is -0.667. The molecule has 2 heterocycles. The van der Waals surface area contributed by atoms with E-state index in [0.717, 1.165) is 15.6 Å². The van der Waals surface area contributed by atoms with E-state index in [4.69, 9.17) is 21.4 Å². The first-order chi connectivity index (χ1) is 18.9. The lowest BCUT2D eigenvalue weighted by Gasteiger charge is -2.24. The van der Waals surface area contributed by atoms with Gasteiger partial charge in [0.25, 0.3) is 0 Å². The van der Waals surface area contributed by atoms with Crippen LogP contribution in [0.25, 0.3) is 22.5 Å². The molecule has 0 radical (unpaired) electrons. The van der Waals surface area contributed by atoms with Crippen molar-refractivity contribution in [1.82, 2.24) is 19.5 Å². The maximum absolute atomic E-state index is 13.4. The van der Waals surface area contributed by atoms with Crippen LogP contribution < -0.4 is 10.4 Å². The monoisotopic (exact) mass is 608 g/mol. The van der Waals surface area contributed by atoms with Crippen LogP contribution in [0.1, 0.15) is 30.3 Å². The number of aromatic nitrogens is 4. The van der Waals surface area contributed by atoms with Crippen molar-refractivity contribution in [2.45, 2.75) is 18.9 Å². The largest absolute Gasteiger partial charge is 0.493 e. The van der Waals surface area contributed by atoms with Crippen molar-refractivity contribution in [1.29, 1.82) is 0 Å². The van der Waals surface area contributed by atoms with Crippen LogP contribution in [-0.4, -0.2) is 42.9 Å². The molecule has 5 aromatic rings. The van der Waals surface area contributed by atoms with E-state index >= 15 is 0 Å². The second-order valence-electron chi connectivity index (χ2n) is 9.05. The van der Waals surface area contributed by atoms with E-state index in [1.54, 1.807) is 36.5 Å². The Kier molecular flexibility index (Phi) is 7.92. The van der Waals surface area contributed by atoms with Gasteiger partial charge in [0.05, 0.1) is 23.5 Å². The molecule has 2 atom stereocenters. The van der Waals surface area contributed by atoms with Gasteiger partial charge in [0.1, 0.15) is 29.9 Å².